The smallest absolute Gasteiger partial charge is 0.312 e. The summed E-state index contributed by atoms with van der Waals surface area (Å²) in [6.45, 7) is 5.17. The fourth-order valence-electron chi connectivity index (χ4n) is 2.23. The molecule has 1 rings (SSSR count). The predicted octanol–water partition coefficient (Wildman–Crippen LogP) is 0.138. The highest BCUT2D eigenvalue weighted by molar-refractivity contribution is 5.71. The molecule has 0 spiro atoms. The number of hydrogen-bond acceptors (Lipinski definition) is 3. The third-order valence-corrected chi connectivity index (χ3v) is 3.16. The van der Waals surface area contributed by atoms with Gasteiger partial charge >= 0.3 is 6.03 Å². The molecule has 5 nitrogen and oxygen atoms in total. The van der Waals surface area contributed by atoms with Gasteiger partial charge in [-0.15, -0.1) is 0 Å². The number of rotatable bonds is 5. The molecular weight excluding hydrogens is 206 g/mol. The fraction of sp³-hybridized carbons (Fsp3) is 0.909. The molecule has 2 unspecified atom stereocenters. The summed E-state index contributed by atoms with van der Waals surface area (Å²) in [7, 11) is 0. The number of β-amino-alcohol motifs (C(OH)–C–C–N with tert-alkyl or cyclic N) is 1. The summed E-state index contributed by atoms with van der Waals surface area (Å²) < 4.78 is 0. The third kappa shape index (κ3) is 4.81. The van der Waals surface area contributed by atoms with Gasteiger partial charge in [0.25, 0.3) is 0 Å². The highest BCUT2D eigenvalue weighted by Crippen LogP contribution is 2.18. The Morgan fingerprint density at radius 2 is 2.44 bits per heavy atom. The molecule has 0 aromatic carbocycles. The minimum Gasteiger partial charge on any atom is -0.390 e. The monoisotopic (exact) mass is 229 g/mol. The molecule has 4 N–H and O–H groups in total. The van der Waals surface area contributed by atoms with Crippen molar-refractivity contribution < 1.29 is 9.90 Å². The van der Waals surface area contributed by atoms with Crippen molar-refractivity contribution >= 4 is 6.03 Å². The number of carbonyl (C=O) groups excluding carboxylic acids is 1. The van der Waals surface area contributed by atoms with E-state index in [0.29, 0.717) is 6.54 Å². The molecule has 2 atom stereocenters. The maximum atomic E-state index is 10.5. The number of nitrogens with two attached hydrogens (primary N) is 1. The number of aliphatic hydroxyl groups is 1. The minimum atomic E-state index is -0.580. The lowest BCUT2D eigenvalue weighted by atomic mass is 9.95. The van der Waals surface area contributed by atoms with Crippen molar-refractivity contribution in [1.29, 1.82) is 0 Å². The summed E-state index contributed by atoms with van der Waals surface area (Å²) in [6, 6.07) is -0.580. The van der Waals surface area contributed by atoms with Crippen molar-refractivity contribution in [1.82, 2.24) is 10.2 Å². The SMILES string of the molecule is CCC1CCCN(CC(O)CNC(N)=O)C1. The van der Waals surface area contributed by atoms with Crippen LogP contribution < -0.4 is 11.1 Å². The van der Waals surface area contributed by atoms with E-state index in [1.54, 1.807) is 0 Å². The van der Waals surface area contributed by atoms with Crippen LogP contribution in [0.3, 0.4) is 0 Å². The van der Waals surface area contributed by atoms with E-state index in [1.165, 1.54) is 19.3 Å². The molecule has 0 radical (unpaired) electrons. The van der Waals surface area contributed by atoms with E-state index in [-0.39, 0.29) is 6.54 Å². The van der Waals surface area contributed by atoms with Crippen LogP contribution in [-0.4, -0.2) is 48.3 Å². The number of primary amides is 1. The summed E-state index contributed by atoms with van der Waals surface area (Å²) in [5, 5.41) is 12.1. The topological polar surface area (TPSA) is 78.6 Å². The van der Waals surface area contributed by atoms with Crippen LogP contribution in [-0.2, 0) is 0 Å². The fourth-order valence-corrected chi connectivity index (χ4v) is 2.23. The zero-order valence-electron chi connectivity index (χ0n) is 9.98. The lowest BCUT2D eigenvalue weighted by Crippen LogP contribution is -2.44. The van der Waals surface area contributed by atoms with Gasteiger partial charge in [0.2, 0.25) is 0 Å². The maximum Gasteiger partial charge on any atom is 0.312 e. The molecule has 0 aromatic rings. The van der Waals surface area contributed by atoms with Crippen LogP contribution in [0.25, 0.3) is 0 Å². The van der Waals surface area contributed by atoms with Crippen LogP contribution in [0.1, 0.15) is 26.2 Å². The van der Waals surface area contributed by atoms with Crippen molar-refractivity contribution in [3.05, 3.63) is 0 Å². The number of urea groups is 1. The summed E-state index contributed by atoms with van der Waals surface area (Å²) in [4.78, 5) is 12.7. The van der Waals surface area contributed by atoms with Crippen LogP contribution in [0.2, 0.25) is 0 Å². The lowest BCUT2D eigenvalue weighted by molar-refractivity contribution is 0.0845. The molecule has 0 saturated carbocycles. The Morgan fingerprint density at radius 1 is 1.69 bits per heavy atom. The zero-order valence-corrected chi connectivity index (χ0v) is 9.98. The molecule has 0 aliphatic carbocycles. The highest BCUT2D eigenvalue weighted by Gasteiger charge is 2.20. The van der Waals surface area contributed by atoms with Gasteiger partial charge in [0, 0.05) is 19.6 Å². The van der Waals surface area contributed by atoms with Crippen LogP contribution in [0.4, 0.5) is 4.79 Å². The maximum absolute atomic E-state index is 10.5. The van der Waals surface area contributed by atoms with Gasteiger partial charge in [-0.3, -0.25) is 0 Å². The van der Waals surface area contributed by atoms with E-state index < -0.39 is 12.1 Å². The summed E-state index contributed by atoms with van der Waals surface area (Å²) in [5.41, 5.74) is 4.94. The summed E-state index contributed by atoms with van der Waals surface area (Å²) in [6.07, 6.45) is 3.17. The first-order chi connectivity index (χ1) is 7.61. The molecule has 16 heavy (non-hydrogen) atoms. The van der Waals surface area contributed by atoms with Crippen molar-refractivity contribution in [2.45, 2.75) is 32.3 Å². The van der Waals surface area contributed by atoms with Gasteiger partial charge in [0.1, 0.15) is 0 Å². The Labute approximate surface area is 97.0 Å². The summed E-state index contributed by atoms with van der Waals surface area (Å²) in [5.74, 6) is 0.755. The van der Waals surface area contributed by atoms with Gasteiger partial charge in [-0.1, -0.05) is 13.3 Å². The first-order valence-corrected chi connectivity index (χ1v) is 6.05. The Balaban J connectivity index is 2.22. The molecule has 5 heteroatoms. The van der Waals surface area contributed by atoms with E-state index in [1.807, 2.05) is 0 Å². The van der Waals surface area contributed by atoms with Crippen molar-refractivity contribution in [2.75, 3.05) is 26.2 Å². The second-order valence-corrected chi connectivity index (χ2v) is 4.58. The van der Waals surface area contributed by atoms with Gasteiger partial charge in [-0.2, -0.15) is 0 Å². The summed E-state index contributed by atoms with van der Waals surface area (Å²) >= 11 is 0. The molecule has 1 heterocycles. The first kappa shape index (κ1) is 13.3. The van der Waals surface area contributed by atoms with E-state index in [0.717, 1.165) is 19.0 Å². The van der Waals surface area contributed by atoms with Crippen molar-refractivity contribution in [3.63, 3.8) is 0 Å². The van der Waals surface area contributed by atoms with E-state index in [4.69, 9.17) is 5.73 Å². The average molecular weight is 229 g/mol. The number of amides is 2. The zero-order chi connectivity index (χ0) is 12.0. The van der Waals surface area contributed by atoms with Gasteiger partial charge < -0.3 is 21.1 Å². The largest absolute Gasteiger partial charge is 0.390 e. The van der Waals surface area contributed by atoms with Gasteiger partial charge in [0.05, 0.1) is 6.10 Å². The number of carbonyl (C=O) groups is 1. The first-order valence-electron chi connectivity index (χ1n) is 6.05. The van der Waals surface area contributed by atoms with E-state index in [9.17, 15) is 9.90 Å². The number of aliphatic hydroxyl groups excluding tert-OH is 1. The molecule has 1 saturated heterocycles. The molecule has 1 fully saturated rings. The standard InChI is InChI=1S/C11H23N3O2/c1-2-9-4-3-5-14(7-9)8-10(15)6-13-11(12)16/h9-10,15H,2-8H2,1H3,(H3,12,13,16). The van der Waals surface area contributed by atoms with Crippen molar-refractivity contribution in [3.8, 4) is 0 Å². The number of nitrogens with one attached hydrogen (secondary N) is 1. The number of piperidine rings is 1. The molecule has 0 bridgehead atoms. The molecule has 1 aliphatic rings. The predicted molar refractivity (Wildman–Crippen MR) is 63.0 cm³/mol. The Hall–Kier alpha value is -0.810. The normalized spacial score (nSPS) is 24.0. The number of nitrogens with zero attached hydrogens (tertiary/aromatic N) is 1. The third-order valence-electron chi connectivity index (χ3n) is 3.16. The molecular formula is C11H23N3O2. The highest BCUT2D eigenvalue weighted by atomic mass is 16.3. The van der Waals surface area contributed by atoms with Gasteiger partial charge in [0.15, 0.2) is 0 Å². The van der Waals surface area contributed by atoms with Crippen molar-refractivity contribution in [2.24, 2.45) is 11.7 Å². The average Bonchev–Trinajstić information content (AvgIpc) is 2.26. The Kier molecular flexibility index (Phi) is 5.55. The second-order valence-electron chi connectivity index (χ2n) is 4.58. The van der Waals surface area contributed by atoms with Crippen LogP contribution in [0, 0.1) is 5.92 Å². The van der Waals surface area contributed by atoms with Crippen LogP contribution >= 0.6 is 0 Å². The second kappa shape index (κ2) is 6.70. The van der Waals surface area contributed by atoms with Crippen LogP contribution in [0.15, 0.2) is 0 Å². The van der Waals surface area contributed by atoms with Crippen LogP contribution in [0.5, 0.6) is 0 Å². The molecule has 1 aliphatic heterocycles. The molecule has 2 amide bonds. The molecule has 94 valence electrons. The quantitative estimate of drug-likeness (QED) is 0.627. The molecule has 0 aromatic heterocycles. The number of likely N-dealkylation sites (tertiary alicyclic amines) is 1. The van der Waals surface area contributed by atoms with Gasteiger partial charge in [-0.25, -0.2) is 4.79 Å². The Bertz CT molecular complexity index is 223. The van der Waals surface area contributed by atoms with E-state index >= 15 is 0 Å². The minimum absolute atomic E-state index is 0.239. The van der Waals surface area contributed by atoms with Gasteiger partial charge in [-0.05, 0) is 25.3 Å². The Morgan fingerprint density at radius 3 is 3.06 bits per heavy atom. The number of hydrogen-bond donors (Lipinski definition) is 3. The van der Waals surface area contributed by atoms with E-state index in [2.05, 4.69) is 17.1 Å². The lowest BCUT2D eigenvalue weighted by Gasteiger charge is -2.33.